The Labute approximate surface area is 130 Å². The van der Waals surface area contributed by atoms with E-state index in [0.29, 0.717) is 12.2 Å². The molecule has 0 unspecified atom stereocenters. The molecular formula is C16H15BrF3N. The molecule has 0 saturated heterocycles. The molecule has 112 valence electrons. The zero-order valence-corrected chi connectivity index (χ0v) is 13.3. The van der Waals surface area contributed by atoms with E-state index in [0.717, 1.165) is 22.8 Å². The highest BCUT2D eigenvalue weighted by atomic mass is 79.9. The lowest BCUT2D eigenvalue weighted by Crippen LogP contribution is -2.08. The Balaban J connectivity index is 2.19. The lowest BCUT2D eigenvalue weighted by molar-refractivity contribution is -0.138. The summed E-state index contributed by atoms with van der Waals surface area (Å²) in [6.07, 6.45) is -4.37. The SMILES string of the molecule is Cc1ccc(C)c(CNc2ccc(Br)c(C(F)(F)F)c2)c1. The minimum absolute atomic E-state index is 0.0484. The molecule has 0 spiro atoms. The van der Waals surface area contributed by atoms with Gasteiger partial charge >= 0.3 is 6.18 Å². The summed E-state index contributed by atoms with van der Waals surface area (Å²) in [6, 6.07) is 10.2. The van der Waals surface area contributed by atoms with E-state index in [1.54, 1.807) is 6.07 Å². The quantitative estimate of drug-likeness (QED) is 0.743. The van der Waals surface area contributed by atoms with Crippen molar-refractivity contribution in [2.24, 2.45) is 0 Å². The Hall–Kier alpha value is -1.49. The van der Waals surface area contributed by atoms with E-state index >= 15 is 0 Å². The largest absolute Gasteiger partial charge is 0.417 e. The van der Waals surface area contributed by atoms with Crippen LogP contribution in [0, 0.1) is 13.8 Å². The molecule has 21 heavy (non-hydrogen) atoms. The first-order valence-corrected chi connectivity index (χ1v) is 7.23. The molecule has 2 aromatic rings. The molecule has 5 heteroatoms. The van der Waals surface area contributed by atoms with Gasteiger partial charge < -0.3 is 5.32 Å². The molecule has 0 amide bonds. The van der Waals surface area contributed by atoms with Crippen molar-refractivity contribution in [1.82, 2.24) is 0 Å². The summed E-state index contributed by atoms with van der Waals surface area (Å²) in [5, 5.41) is 3.05. The summed E-state index contributed by atoms with van der Waals surface area (Å²) in [7, 11) is 0. The zero-order valence-electron chi connectivity index (χ0n) is 11.7. The van der Waals surface area contributed by atoms with Crippen LogP contribution < -0.4 is 5.32 Å². The molecule has 0 radical (unpaired) electrons. The highest BCUT2D eigenvalue weighted by Crippen LogP contribution is 2.36. The number of halogens is 4. The molecule has 2 aromatic carbocycles. The predicted molar refractivity (Wildman–Crippen MR) is 82.4 cm³/mol. The number of hydrogen-bond donors (Lipinski definition) is 1. The molecule has 2 rings (SSSR count). The maximum absolute atomic E-state index is 12.9. The van der Waals surface area contributed by atoms with Crippen LogP contribution in [0.1, 0.15) is 22.3 Å². The molecule has 0 aliphatic heterocycles. The summed E-state index contributed by atoms with van der Waals surface area (Å²) in [5.41, 5.74) is 3.09. The van der Waals surface area contributed by atoms with Crippen LogP contribution >= 0.6 is 15.9 Å². The van der Waals surface area contributed by atoms with Crippen LogP contribution in [0.3, 0.4) is 0 Å². The molecule has 0 atom stereocenters. The predicted octanol–water partition coefficient (Wildman–Crippen LogP) is 5.70. The Morgan fingerprint density at radius 2 is 1.76 bits per heavy atom. The molecular weight excluding hydrogens is 343 g/mol. The number of rotatable bonds is 3. The molecule has 0 aliphatic carbocycles. The molecule has 1 nitrogen and oxygen atoms in total. The number of aryl methyl sites for hydroxylation is 2. The summed E-state index contributed by atoms with van der Waals surface area (Å²) < 4.78 is 38.6. The van der Waals surface area contributed by atoms with Gasteiger partial charge in [0.15, 0.2) is 0 Å². The number of hydrogen-bond acceptors (Lipinski definition) is 1. The zero-order chi connectivity index (χ0) is 15.6. The number of alkyl halides is 3. The maximum Gasteiger partial charge on any atom is 0.417 e. The van der Waals surface area contributed by atoms with Gasteiger partial charge in [-0.15, -0.1) is 0 Å². The fraction of sp³-hybridized carbons (Fsp3) is 0.250. The lowest BCUT2D eigenvalue weighted by Gasteiger charge is -2.13. The third-order valence-electron chi connectivity index (χ3n) is 3.26. The van der Waals surface area contributed by atoms with Crippen LogP contribution in [0.2, 0.25) is 0 Å². The molecule has 0 aliphatic rings. The minimum atomic E-state index is -4.37. The van der Waals surface area contributed by atoms with Crippen LogP contribution in [-0.4, -0.2) is 0 Å². The van der Waals surface area contributed by atoms with Crippen molar-refractivity contribution in [3.05, 3.63) is 63.1 Å². The first-order valence-electron chi connectivity index (χ1n) is 6.44. The summed E-state index contributed by atoms with van der Waals surface area (Å²) in [5.74, 6) is 0. The molecule has 0 fully saturated rings. The van der Waals surface area contributed by atoms with Gasteiger partial charge in [-0.05, 0) is 43.2 Å². The summed E-state index contributed by atoms with van der Waals surface area (Å²) >= 11 is 2.94. The first-order chi connectivity index (χ1) is 9.77. The van der Waals surface area contributed by atoms with Crippen molar-refractivity contribution < 1.29 is 13.2 Å². The summed E-state index contributed by atoms with van der Waals surface area (Å²) in [6.45, 7) is 4.47. The molecule has 0 heterocycles. The molecule has 0 aromatic heterocycles. The van der Waals surface area contributed by atoms with Crippen LogP contribution in [0.15, 0.2) is 40.9 Å². The van der Waals surface area contributed by atoms with Crippen molar-refractivity contribution in [2.75, 3.05) is 5.32 Å². The molecule has 0 bridgehead atoms. The Morgan fingerprint density at radius 1 is 1.05 bits per heavy atom. The van der Waals surface area contributed by atoms with Crippen LogP contribution in [0.5, 0.6) is 0 Å². The van der Waals surface area contributed by atoms with Gasteiger partial charge in [0.25, 0.3) is 0 Å². The Morgan fingerprint density at radius 3 is 2.43 bits per heavy atom. The van der Waals surface area contributed by atoms with Crippen molar-refractivity contribution >= 4 is 21.6 Å². The van der Waals surface area contributed by atoms with Crippen molar-refractivity contribution in [3.63, 3.8) is 0 Å². The standard InChI is InChI=1S/C16H15BrF3N/c1-10-3-4-11(2)12(7-10)9-21-13-5-6-15(17)14(8-13)16(18,19)20/h3-8,21H,9H2,1-2H3. The van der Waals surface area contributed by atoms with Crippen LogP contribution in [-0.2, 0) is 12.7 Å². The van der Waals surface area contributed by atoms with E-state index in [2.05, 4.69) is 21.2 Å². The van der Waals surface area contributed by atoms with Crippen molar-refractivity contribution in [3.8, 4) is 0 Å². The average Bonchev–Trinajstić information content (AvgIpc) is 2.40. The van der Waals surface area contributed by atoms with E-state index in [4.69, 9.17) is 0 Å². The van der Waals surface area contributed by atoms with Gasteiger partial charge in [0, 0.05) is 16.7 Å². The summed E-state index contributed by atoms with van der Waals surface area (Å²) in [4.78, 5) is 0. The van der Waals surface area contributed by atoms with Gasteiger partial charge in [0.1, 0.15) is 0 Å². The van der Waals surface area contributed by atoms with Gasteiger partial charge in [-0.3, -0.25) is 0 Å². The smallest absolute Gasteiger partial charge is 0.381 e. The van der Waals surface area contributed by atoms with Gasteiger partial charge in [-0.2, -0.15) is 13.2 Å². The fourth-order valence-corrected chi connectivity index (χ4v) is 2.51. The maximum atomic E-state index is 12.9. The minimum Gasteiger partial charge on any atom is -0.381 e. The highest BCUT2D eigenvalue weighted by molar-refractivity contribution is 9.10. The third-order valence-corrected chi connectivity index (χ3v) is 3.95. The average molecular weight is 358 g/mol. The Bertz CT molecular complexity index is 650. The molecule has 0 saturated carbocycles. The monoisotopic (exact) mass is 357 g/mol. The molecule has 1 N–H and O–H groups in total. The Kier molecular flexibility index (Phi) is 4.61. The van der Waals surface area contributed by atoms with Gasteiger partial charge in [-0.25, -0.2) is 0 Å². The second-order valence-electron chi connectivity index (χ2n) is 4.98. The van der Waals surface area contributed by atoms with E-state index in [-0.39, 0.29) is 4.47 Å². The van der Waals surface area contributed by atoms with E-state index < -0.39 is 11.7 Å². The van der Waals surface area contributed by atoms with Gasteiger partial charge in [0.2, 0.25) is 0 Å². The number of nitrogens with one attached hydrogen (secondary N) is 1. The van der Waals surface area contributed by atoms with Crippen LogP contribution in [0.4, 0.5) is 18.9 Å². The van der Waals surface area contributed by atoms with E-state index in [1.807, 2.05) is 32.0 Å². The first kappa shape index (κ1) is 15.9. The van der Waals surface area contributed by atoms with Gasteiger partial charge in [-0.1, -0.05) is 39.7 Å². The van der Waals surface area contributed by atoms with E-state index in [9.17, 15) is 13.2 Å². The van der Waals surface area contributed by atoms with Crippen molar-refractivity contribution in [1.29, 1.82) is 0 Å². The second kappa shape index (κ2) is 6.10. The van der Waals surface area contributed by atoms with Gasteiger partial charge in [0.05, 0.1) is 5.56 Å². The van der Waals surface area contributed by atoms with E-state index in [1.165, 1.54) is 6.07 Å². The lowest BCUT2D eigenvalue weighted by atomic mass is 10.1. The highest BCUT2D eigenvalue weighted by Gasteiger charge is 2.33. The number of anilines is 1. The second-order valence-corrected chi connectivity index (χ2v) is 5.83. The fourth-order valence-electron chi connectivity index (χ4n) is 2.04. The normalized spacial score (nSPS) is 11.5. The third kappa shape index (κ3) is 4.00. The topological polar surface area (TPSA) is 12.0 Å². The number of benzene rings is 2. The van der Waals surface area contributed by atoms with Crippen molar-refractivity contribution in [2.45, 2.75) is 26.6 Å². The van der Waals surface area contributed by atoms with Crippen LogP contribution in [0.25, 0.3) is 0 Å².